The zero-order valence-corrected chi connectivity index (χ0v) is 13.7. The summed E-state index contributed by atoms with van der Waals surface area (Å²) >= 11 is 7.66. The van der Waals surface area contributed by atoms with Gasteiger partial charge in [0.05, 0.1) is 5.39 Å². The molecule has 4 nitrogen and oxygen atoms in total. The van der Waals surface area contributed by atoms with Gasteiger partial charge in [-0.3, -0.25) is 0 Å². The molecular weight excluding hydrogens is 318 g/mol. The van der Waals surface area contributed by atoms with E-state index in [9.17, 15) is 0 Å². The van der Waals surface area contributed by atoms with Crippen molar-refractivity contribution in [3.05, 3.63) is 41.7 Å². The smallest absolute Gasteiger partial charge is 0.225 e. The molecule has 114 valence electrons. The lowest BCUT2D eigenvalue weighted by Gasteiger charge is -2.06. The molecule has 0 unspecified atom stereocenters. The zero-order chi connectivity index (χ0) is 15.4. The molecule has 0 radical (unpaired) electrons. The van der Waals surface area contributed by atoms with Crippen molar-refractivity contribution in [1.82, 2.24) is 9.97 Å². The molecule has 1 aromatic carbocycles. The zero-order valence-electron chi connectivity index (χ0n) is 12.2. The highest BCUT2D eigenvalue weighted by Gasteiger charge is 2.11. The maximum Gasteiger partial charge on any atom is 0.225 e. The number of fused-ring (bicyclic) bond motifs is 1. The van der Waals surface area contributed by atoms with Crippen LogP contribution >= 0.6 is 22.9 Å². The number of rotatable bonds is 6. The largest absolute Gasteiger partial charge is 0.385 e. The predicted octanol–water partition coefficient (Wildman–Crippen LogP) is 4.46. The first-order valence-electron chi connectivity index (χ1n) is 7.03. The predicted molar refractivity (Wildman–Crippen MR) is 92.8 cm³/mol. The molecule has 0 saturated heterocycles. The topological polar surface area (TPSA) is 47.0 Å². The van der Waals surface area contributed by atoms with Crippen LogP contribution in [0.15, 0.2) is 36.4 Å². The molecule has 0 amide bonds. The molecule has 0 fully saturated rings. The van der Waals surface area contributed by atoms with E-state index in [2.05, 4.69) is 33.5 Å². The third kappa shape index (κ3) is 3.38. The Bertz CT molecular complexity index is 761. The van der Waals surface area contributed by atoms with Gasteiger partial charge in [-0.1, -0.05) is 30.3 Å². The van der Waals surface area contributed by atoms with Crippen molar-refractivity contribution in [3.63, 3.8) is 0 Å². The fourth-order valence-electron chi connectivity index (χ4n) is 2.20. The normalized spacial score (nSPS) is 11.0. The Morgan fingerprint density at radius 3 is 2.82 bits per heavy atom. The van der Waals surface area contributed by atoms with Gasteiger partial charge in [0.15, 0.2) is 0 Å². The number of benzene rings is 1. The molecule has 0 bridgehead atoms. The minimum atomic E-state index is 0.267. The molecule has 3 aromatic rings. The summed E-state index contributed by atoms with van der Waals surface area (Å²) in [6.07, 6.45) is 0.912. The summed E-state index contributed by atoms with van der Waals surface area (Å²) in [5.74, 6) is 0.782. The van der Waals surface area contributed by atoms with Crippen LogP contribution in [-0.4, -0.2) is 30.2 Å². The van der Waals surface area contributed by atoms with Gasteiger partial charge in [-0.15, -0.1) is 11.3 Å². The van der Waals surface area contributed by atoms with Crippen LogP contribution in [-0.2, 0) is 4.74 Å². The highest BCUT2D eigenvalue weighted by molar-refractivity contribution is 7.22. The van der Waals surface area contributed by atoms with Crippen molar-refractivity contribution in [3.8, 4) is 10.4 Å². The molecule has 1 N–H and O–H groups in total. The van der Waals surface area contributed by atoms with Gasteiger partial charge in [-0.2, -0.15) is 0 Å². The average molecular weight is 334 g/mol. The number of aromatic nitrogens is 2. The third-order valence-corrected chi connectivity index (χ3v) is 4.49. The van der Waals surface area contributed by atoms with Gasteiger partial charge in [0.1, 0.15) is 10.6 Å². The number of anilines is 1. The van der Waals surface area contributed by atoms with Crippen LogP contribution < -0.4 is 5.32 Å². The number of thiophene rings is 1. The number of hydrogen-bond acceptors (Lipinski definition) is 5. The Morgan fingerprint density at radius 1 is 1.23 bits per heavy atom. The lowest BCUT2D eigenvalue weighted by atomic mass is 10.2. The van der Waals surface area contributed by atoms with Gasteiger partial charge in [-0.05, 0) is 29.7 Å². The molecule has 22 heavy (non-hydrogen) atoms. The summed E-state index contributed by atoms with van der Waals surface area (Å²) in [6.45, 7) is 1.50. The van der Waals surface area contributed by atoms with Crippen LogP contribution in [0.4, 0.5) is 5.82 Å². The Labute approximate surface area is 138 Å². The van der Waals surface area contributed by atoms with Crippen molar-refractivity contribution in [2.24, 2.45) is 0 Å². The Balaban J connectivity index is 1.93. The molecule has 3 rings (SSSR count). The maximum atomic E-state index is 6.04. The fourth-order valence-corrected chi connectivity index (χ4v) is 3.45. The van der Waals surface area contributed by atoms with Gasteiger partial charge < -0.3 is 10.1 Å². The van der Waals surface area contributed by atoms with Gasteiger partial charge in [0.25, 0.3) is 0 Å². The number of hydrogen-bond donors (Lipinski definition) is 1. The summed E-state index contributed by atoms with van der Waals surface area (Å²) in [6, 6.07) is 12.4. The lowest BCUT2D eigenvalue weighted by Crippen LogP contribution is -2.06. The van der Waals surface area contributed by atoms with Gasteiger partial charge in [0.2, 0.25) is 5.28 Å². The van der Waals surface area contributed by atoms with Crippen molar-refractivity contribution in [2.45, 2.75) is 6.42 Å². The molecule has 2 aromatic heterocycles. The van der Waals surface area contributed by atoms with Crippen LogP contribution in [0.2, 0.25) is 5.28 Å². The van der Waals surface area contributed by atoms with Crippen molar-refractivity contribution < 1.29 is 4.74 Å². The van der Waals surface area contributed by atoms with Crippen LogP contribution in [0.5, 0.6) is 0 Å². The molecule has 6 heteroatoms. The first-order valence-corrected chi connectivity index (χ1v) is 8.22. The van der Waals surface area contributed by atoms with Crippen molar-refractivity contribution in [2.75, 3.05) is 25.6 Å². The second-order valence-corrected chi connectivity index (χ2v) is 6.18. The SMILES string of the molecule is COCCCNc1nc(Cl)nc2sc(-c3ccccc3)cc12. The van der Waals surface area contributed by atoms with E-state index in [-0.39, 0.29) is 5.28 Å². The Morgan fingerprint density at radius 2 is 2.05 bits per heavy atom. The quantitative estimate of drug-likeness (QED) is 0.534. The number of ether oxygens (including phenoxy) is 1. The van der Waals surface area contributed by atoms with Gasteiger partial charge in [0, 0.05) is 25.1 Å². The summed E-state index contributed by atoms with van der Waals surface area (Å²) in [7, 11) is 1.70. The van der Waals surface area contributed by atoms with E-state index in [4.69, 9.17) is 16.3 Å². The van der Waals surface area contributed by atoms with E-state index < -0.39 is 0 Å². The summed E-state index contributed by atoms with van der Waals surface area (Å²) < 4.78 is 5.06. The van der Waals surface area contributed by atoms with Crippen molar-refractivity contribution >= 4 is 39.0 Å². The standard InChI is InChI=1S/C16H16ClN3OS/c1-21-9-5-8-18-14-12-10-13(11-6-3-2-4-7-11)22-15(12)20-16(17)19-14/h2-4,6-7,10H,5,8-9H2,1H3,(H,18,19,20). The average Bonchev–Trinajstić information content (AvgIpc) is 2.96. The van der Waals surface area contributed by atoms with E-state index in [1.165, 1.54) is 5.56 Å². The molecule has 0 aliphatic heterocycles. The molecule has 0 atom stereocenters. The molecule has 0 spiro atoms. The highest BCUT2D eigenvalue weighted by Crippen LogP contribution is 2.35. The molecule has 0 aliphatic rings. The maximum absolute atomic E-state index is 6.04. The van der Waals surface area contributed by atoms with E-state index in [1.807, 2.05) is 18.2 Å². The summed E-state index contributed by atoms with van der Waals surface area (Å²) in [4.78, 5) is 10.7. The van der Waals surface area contributed by atoms with E-state index in [0.717, 1.165) is 33.9 Å². The monoisotopic (exact) mass is 333 g/mol. The van der Waals surface area contributed by atoms with E-state index >= 15 is 0 Å². The minimum Gasteiger partial charge on any atom is -0.385 e. The first kappa shape index (κ1) is 15.2. The summed E-state index contributed by atoms with van der Waals surface area (Å²) in [5.41, 5.74) is 1.17. The van der Waals surface area contributed by atoms with Crippen LogP contribution in [0, 0.1) is 0 Å². The minimum absolute atomic E-state index is 0.267. The Hall–Kier alpha value is -1.69. The van der Waals surface area contributed by atoms with Crippen LogP contribution in [0.3, 0.4) is 0 Å². The molecule has 2 heterocycles. The van der Waals surface area contributed by atoms with Crippen molar-refractivity contribution in [1.29, 1.82) is 0 Å². The van der Waals surface area contributed by atoms with E-state index in [1.54, 1.807) is 18.4 Å². The molecule has 0 saturated carbocycles. The second kappa shape index (κ2) is 7.05. The fraction of sp³-hybridized carbons (Fsp3) is 0.250. The first-order chi connectivity index (χ1) is 10.8. The van der Waals surface area contributed by atoms with E-state index in [0.29, 0.717) is 6.61 Å². The Kier molecular flexibility index (Phi) is 4.87. The number of nitrogens with one attached hydrogen (secondary N) is 1. The van der Waals surface area contributed by atoms with Crippen LogP contribution in [0.1, 0.15) is 6.42 Å². The third-order valence-electron chi connectivity index (χ3n) is 3.24. The number of halogens is 1. The van der Waals surface area contributed by atoms with Gasteiger partial charge in [-0.25, -0.2) is 9.97 Å². The lowest BCUT2D eigenvalue weighted by molar-refractivity contribution is 0.198. The highest BCUT2D eigenvalue weighted by atomic mass is 35.5. The summed E-state index contributed by atoms with van der Waals surface area (Å²) in [5, 5.41) is 4.59. The molecule has 0 aliphatic carbocycles. The molecular formula is C16H16ClN3OS. The van der Waals surface area contributed by atoms with Gasteiger partial charge >= 0.3 is 0 Å². The second-order valence-electron chi connectivity index (χ2n) is 4.81. The number of methoxy groups -OCH3 is 1. The number of nitrogens with zero attached hydrogens (tertiary/aromatic N) is 2. The van der Waals surface area contributed by atoms with Crippen LogP contribution in [0.25, 0.3) is 20.7 Å².